The zero-order valence-electron chi connectivity index (χ0n) is 14.7. The normalized spacial score (nSPS) is 11.0. The monoisotopic (exact) mass is 345 g/mol. The molecule has 2 aromatic carbocycles. The second-order valence-corrected chi connectivity index (χ2v) is 6.33. The van der Waals surface area contributed by atoms with E-state index in [1.807, 2.05) is 68.4 Å². The van der Waals surface area contributed by atoms with E-state index in [-0.39, 0.29) is 5.56 Å². The van der Waals surface area contributed by atoms with E-state index in [0.717, 1.165) is 22.6 Å². The number of nitrogens with one attached hydrogen (secondary N) is 1. The molecule has 0 radical (unpaired) electrons. The van der Waals surface area contributed by atoms with E-state index in [1.54, 1.807) is 0 Å². The van der Waals surface area contributed by atoms with Gasteiger partial charge >= 0.3 is 0 Å². The van der Waals surface area contributed by atoms with Gasteiger partial charge in [0.15, 0.2) is 5.65 Å². The Morgan fingerprint density at radius 1 is 1.04 bits per heavy atom. The summed E-state index contributed by atoms with van der Waals surface area (Å²) in [6.07, 6.45) is 0. The van der Waals surface area contributed by atoms with Crippen molar-refractivity contribution in [1.82, 2.24) is 14.6 Å². The molecule has 1 N–H and O–H groups in total. The van der Waals surface area contributed by atoms with Crippen LogP contribution in [0.25, 0.3) is 16.9 Å². The van der Waals surface area contributed by atoms with Gasteiger partial charge in [-0.3, -0.25) is 9.89 Å². The summed E-state index contributed by atoms with van der Waals surface area (Å²) < 4.78 is 7.46. The van der Waals surface area contributed by atoms with Crippen LogP contribution in [0.2, 0.25) is 0 Å². The van der Waals surface area contributed by atoms with E-state index in [0.29, 0.717) is 17.9 Å². The number of hydrogen-bond donors (Lipinski definition) is 1. The molecular weight excluding hydrogens is 326 g/mol. The van der Waals surface area contributed by atoms with E-state index < -0.39 is 0 Å². The van der Waals surface area contributed by atoms with Crippen LogP contribution in [0.3, 0.4) is 0 Å². The molecule has 2 heterocycles. The molecule has 0 atom stereocenters. The molecule has 0 spiro atoms. The Kier molecular flexibility index (Phi) is 4.05. The number of rotatable bonds is 4. The Morgan fingerprint density at radius 2 is 1.77 bits per heavy atom. The lowest BCUT2D eigenvalue weighted by molar-refractivity contribution is 0.308. The first kappa shape index (κ1) is 16.1. The largest absolute Gasteiger partial charge is 0.489 e. The average Bonchev–Trinajstić information content (AvgIpc) is 3.01. The van der Waals surface area contributed by atoms with E-state index >= 15 is 0 Å². The van der Waals surface area contributed by atoms with Crippen molar-refractivity contribution in [3.8, 4) is 17.0 Å². The second kappa shape index (κ2) is 6.52. The van der Waals surface area contributed by atoms with Crippen LogP contribution in [-0.4, -0.2) is 14.6 Å². The minimum atomic E-state index is -0.133. The maximum Gasteiger partial charge on any atom is 0.272 e. The molecule has 26 heavy (non-hydrogen) atoms. The fourth-order valence-electron chi connectivity index (χ4n) is 2.97. The summed E-state index contributed by atoms with van der Waals surface area (Å²) in [4.78, 5) is 16.9. The van der Waals surface area contributed by atoms with E-state index in [2.05, 4.69) is 10.1 Å². The highest BCUT2D eigenvalue weighted by molar-refractivity contribution is 5.70. The predicted molar refractivity (Wildman–Crippen MR) is 101 cm³/mol. The molecule has 2 aromatic heterocycles. The van der Waals surface area contributed by atoms with Crippen LogP contribution < -0.4 is 10.3 Å². The zero-order chi connectivity index (χ0) is 18.1. The van der Waals surface area contributed by atoms with Crippen LogP contribution >= 0.6 is 0 Å². The lowest BCUT2D eigenvalue weighted by Crippen LogP contribution is -2.14. The van der Waals surface area contributed by atoms with Crippen molar-refractivity contribution in [3.63, 3.8) is 0 Å². The molecule has 0 fully saturated rings. The highest BCUT2D eigenvalue weighted by atomic mass is 16.5. The van der Waals surface area contributed by atoms with Crippen LogP contribution in [0, 0.1) is 13.8 Å². The van der Waals surface area contributed by atoms with Crippen molar-refractivity contribution in [2.45, 2.75) is 20.5 Å². The summed E-state index contributed by atoms with van der Waals surface area (Å²) >= 11 is 0. The van der Waals surface area contributed by atoms with Gasteiger partial charge < -0.3 is 4.74 Å². The van der Waals surface area contributed by atoms with Gasteiger partial charge in [-0.2, -0.15) is 0 Å². The Morgan fingerprint density at radius 3 is 2.50 bits per heavy atom. The first-order valence-electron chi connectivity index (χ1n) is 8.48. The fraction of sp³-hybridized carbons (Fsp3) is 0.143. The van der Waals surface area contributed by atoms with Crippen molar-refractivity contribution in [2.75, 3.05) is 0 Å². The van der Waals surface area contributed by atoms with E-state index in [9.17, 15) is 4.79 Å². The summed E-state index contributed by atoms with van der Waals surface area (Å²) in [7, 11) is 0. The van der Waals surface area contributed by atoms with Gasteiger partial charge in [-0.25, -0.2) is 9.50 Å². The number of ether oxygens (including phenoxy) is 1. The van der Waals surface area contributed by atoms with Gasteiger partial charge in [0.1, 0.15) is 12.4 Å². The minimum absolute atomic E-state index is 0.133. The molecule has 4 aromatic rings. The number of benzene rings is 2. The number of H-pyrrole nitrogens is 1. The molecule has 0 saturated heterocycles. The maximum absolute atomic E-state index is 12.4. The van der Waals surface area contributed by atoms with E-state index in [4.69, 9.17) is 4.74 Å². The van der Waals surface area contributed by atoms with Gasteiger partial charge in [0, 0.05) is 11.8 Å². The molecule has 5 nitrogen and oxygen atoms in total. The highest BCUT2D eigenvalue weighted by Crippen LogP contribution is 2.26. The number of nitrogens with zero attached hydrogens (tertiary/aromatic N) is 2. The molecule has 5 heteroatoms. The molecule has 0 aliphatic rings. The van der Waals surface area contributed by atoms with Gasteiger partial charge in [-0.05, 0) is 31.5 Å². The third kappa shape index (κ3) is 2.99. The van der Waals surface area contributed by atoms with Crippen LogP contribution in [0.5, 0.6) is 5.75 Å². The predicted octanol–water partition coefficient (Wildman–Crippen LogP) is 3.89. The molecule has 0 aliphatic heterocycles. The second-order valence-electron chi connectivity index (χ2n) is 6.33. The fourth-order valence-corrected chi connectivity index (χ4v) is 2.97. The van der Waals surface area contributed by atoms with Crippen LogP contribution in [0.15, 0.2) is 65.5 Å². The standard InChI is InChI=1S/C21H19N3O2/c1-14-8-10-17(11-9-14)26-13-18-20(16-6-4-3-5-7-16)23-24-19(25)12-15(2)22-21(18)24/h3-12,23H,13H2,1-2H3. The van der Waals surface area contributed by atoms with Crippen molar-refractivity contribution in [2.24, 2.45) is 0 Å². The molecule has 0 bridgehead atoms. The van der Waals surface area contributed by atoms with Gasteiger partial charge in [-0.15, -0.1) is 0 Å². The highest BCUT2D eigenvalue weighted by Gasteiger charge is 2.16. The summed E-state index contributed by atoms with van der Waals surface area (Å²) in [6.45, 7) is 4.17. The molecule has 4 rings (SSSR count). The Labute approximate surface area is 150 Å². The summed E-state index contributed by atoms with van der Waals surface area (Å²) in [5, 5.41) is 3.18. The molecule has 0 unspecified atom stereocenters. The first-order valence-corrected chi connectivity index (χ1v) is 8.48. The molecule has 0 aliphatic carbocycles. The molecule has 0 saturated carbocycles. The van der Waals surface area contributed by atoms with Gasteiger partial charge in [0.05, 0.1) is 11.3 Å². The summed E-state index contributed by atoms with van der Waals surface area (Å²) in [6, 6.07) is 19.3. The molecule has 130 valence electrons. The van der Waals surface area contributed by atoms with Gasteiger partial charge in [-0.1, -0.05) is 48.0 Å². The Balaban J connectivity index is 1.82. The maximum atomic E-state index is 12.4. The third-order valence-electron chi connectivity index (χ3n) is 4.31. The van der Waals surface area contributed by atoms with E-state index in [1.165, 1.54) is 16.1 Å². The van der Waals surface area contributed by atoms with Gasteiger partial charge in [0.2, 0.25) is 0 Å². The SMILES string of the molecule is Cc1ccc(OCc2c(-c3ccccc3)[nH]n3c(=O)cc(C)nc23)cc1. The number of aromatic amines is 1. The molecule has 0 amide bonds. The van der Waals surface area contributed by atoms with Crippen molar-refractivity contribution >= 4 is 5.65 Å². The van der Waals surface area contributed by atoms with Crippen LogP contribution in [0.1, 0.15) is 16.8 Å². The first-order chi connectivity index (χ1) is 12.6. The Bertz CT molecular complexity index is 1110. The average molecular weight is 345 g/mol. The number of aromatic nitrogens is 3. The third-order valence-corrected chi connectivity index (χ3v) is 4.31. The van der Waals surface area contributed by atoms with Crippen LogP contribution in [0.4, 0.5) is 0 Å². The topological polar surface area (TPSA) is 59.4 Å². The number of aryl methyl sites for hydroxylation is 2. The molecular formula is C21H19N3O2. The minimum Gasteiger partial charge on any atom is -0.489 e. The summed E-state index contributed by atoms with van der Waals surface area (Å²) in [5.41, 5.74) is 5.01. The van der Waals surface area contributed by atoms with Crippen molar-refractivity contribution in [1.29, 1.82) is 0 Å². The number of hydrogen-bond acceptors (Lipinski definition) is 3. The zero-order valence-corrected chi connectivity index (χ0v) is 14.7. The quantitative estimate of drug-likeness (QED) is 0.610. The van der Waals surface area contributed by atoms with Crippen molar-refractivity contribution < 1.29 is 4.74 Å². The smallest absolute Gasteiger partial charge is 0.272 e. The van der Waals surface area contributed by atoms with Crippen LogP contribution in [-0.2, 0) is 6.61 Å². The number of fused-ring (bicyclic) bond motifs is 1. The lowest BCUT2D eigenvalue weighted by atomic mass is 10.1. The lowest BCUT2D eigenvalue weighted by Gasteiger charge is -2.08. The summed E-state index contributed by atoms with van der Waals surface area (Å²) in [5.74, 6) is 0.781. The Hall–Kier alpha value is -3.34. The van der Waals surface area contributed by atoms with Crippen molar-refractivity contribution in [3.05, 3.63) is 87.8 Å². The van der Waals surface area contributed by atoms with Gasteiger partial charge in [0.25, 0.3) is 5.56 Å².